The van der Waals surface area contributed by atoms with E-state index in [2.05, 4.69) is 31.2 Å². The Morgan fingerprint density at radius 2 is 2.18 bits per heavy atom. The minimum absolute atomic E-state index is 0.0287. The number of amides is 1. The number of nitrogens with two attached hydrogens (primary N) is 1. The fraction of sp³-hybridized carbons (Fsp3) is 0.562. The highest BCUT2D eigenvalue weighted by molar-refractivity contribution is 7.89. The zero-order valence-corrected chi connectivity index (χ0v) is 13.8. The van der Waals surface area contributed by atoms with E-state index >= 15 is 0 Å². The molecule has 22 heavy (non-hydrogen) atoms. The lowest BCUT2D eigenvalue weighted by molar-refractivity contribution is -0.132. The summed E-state index contributed by atoms with van der Waals surface area (Å²) in [6.45, 7) is 3.55. The van der Waals surface area contributed by atoms with Crippen LogP contribution in [0.15, 0.2) is 24.3 Å². The number of benzene rings is 1. The number of hydrogen-bond acceptors (Lipinski definition) is 3. The molecular weight excluding hydrogens is 300 g/mol. The molecule has 1 amide bonds. The molecule has 122 valence electrons. The predicted octanol–water partition coefficient (Wildman–Crippen LogP) is 1.77. The van der Waals surface area contributed by atoms with Crippen LogP contribution in [0.1, 0.15) is 42.7 Å². The number of primary sulfonamides is 1. The Bertz CT molecular complexity index is 628. The first-order chi connectivity index (χ1) is 10.3. The van der Waals surface area contributed by atoms with E-state index in [0.29, 0.717) is 12.3 Å². The van der Waals surface area contributed by atoms with Crippen molar-refractivity contribution in [1.82, 2.24) is 4.90 Å². The molecule has 0 aliphatic carbocycles. The minimum atomic E-state index is -3.48. The van der Waals surface area contributed by atoms with Crippen molar-refractivity contribution < 1.29 is 13.2 Å². The molecule has 1 aromatic carbocycles. The summed E-state index contributed by atoms with van der Waals surface area (Å²) in [5.41, 5.74) is 2.51. The van der Waals surface area contributed by atoms with Gasteiger partial charge in [-0.25, -0.2) is 13.6 Å². The van der Waals surface area contributed by atoms with Gasteiger partial charge in [-0.2, -0.15) is 0 Å². The van der Waals surface area contributed by atoms with Crippen molar-refractivity contribution in [2.75, 3.05) is 18.8 Å². The number of aryl methyl sites for hydroxylation is 1. The maximum Gasteiger partial charge on any atom is 0.222 e. The van der Waals surface area contributed by atoms with Gasteiger partial charge >= 0.3 is 0 Å². The highest BCUT2D eigenvalue weighted by Gasteiger charge is 2.24. The Morgan fingerprint density at radius 3 is 2.86 bits per heavy atom. The largest absolute Gasteiger partial charge is 0.342 e. The Morgan fingerprint density at radius 1 is 1.41 bits per heavy atom. The summed E-state index contributed by atoms with van der Waals surface area (Å²) in [5, 5.41) is 4.96. The maximum atomic E-state index is 12.2. The maximum absolute atomic E-state index is 12.2. The smallest absolute Gasteiger partial charge is 0.222 e. The van der Waals surface area contributed by atoms with E-state index in [1.54, 1.807) is 0 Å². The van der Waals surface area contributed by atoms with Crippen LogP contribution in [0, 0.1) is 6.92 Å². The number of hydrogen-bond donors (Lipinski definition) is 1. The first-order valence-electron chi connectivity index (χ1n) is 7.70. The second kappa shape index (κ2) is 7.24. The summed E-state index contributed by atoms with van der Waals surface area (Å²) in [6, 6.07) is 8.42. The van der Waals surface area contributed by atoms with Crippen molar-refractivity contribution in [2.45, 2.75) is 38.5 Å². The number of piperidine rings is 1. The summed E-state index contributed by atoms with van der Waals surface area (Å²) in [5.74, 6) is 0.269. The van der Waals surface area contributed by atoms with Gasteiger partial charge in [-0.05, 0) is 31.7 Å². The van der Waals surface area contributed by atoms with Gasteiger partial charge in [-0.15, -0.1) is 0 Å². The first kappa shape index (κ1) is 17.0. The molecule has 6 heteroatoms. The normalized spacial score (nSPS) is 19.2. The lowest BCUT2D eigenvalue weighted by atomic mass is 9.89. The molecular formula is C16H24N2O3S. The zero-order chi connectivity index (χ0) is 16.2. The number of likely N-dealkylation sites (tertiary alicyclic amines) is 1. The van der Waals surface area contributed by atoms with Gasteiger partial charge in [0.2, 0.25) is 15.9 Å². The number of carbonyl (C=O) groups is 1. The minimum Gasteiger partial charge on any atom is -0.342 e. The quantitative estimate of drug-likeness (QED) is 0.896. The van der Waals surface area contributed by atoms with E-state index in [9.17, 15) is 13.2 Å². The van der Waals surface area contributed by atoms with Crippen LogP contribution < -0.4 is 5.14 Å². The van der Waals surface area contributed by atoms with Crippen LogP contribution in [-0.4, -0.2) is 38.1 Å². The molecule has 0 saturated carbocycles. The van der Waals surface area contributed by atoms with Gasteiger partial charge in [-0.1, -0.05) is 29.8 Å². The molecule has 1 aliphatic rings. The number of rotatable bonds is 5. The molecule has 0 spiro atoms. The van der Waals surface area contributed by atoms with Crippen molar-refractivity contribution in [2.24, 2.45) is 5.14 Å². The molecule has 0 aromatic heterocycles. The molecule has 1 aromatic rings. The van der Waals surface area contributed by atoms with Gasteiger partial charge in [0.05, 0.1) is 5.75 Å². The van der Waals surface area contributed by atoms with E-state index in [0.717, 1.165) is 25.9 Å². The molecule has 1 atom stereocenters. The van der Waals surface area contributed by atoms with Crippen molar-refractivity contribution in [3.63, 3.8) is 0 Å². The number of sulfonamides is 1. The molecule has 1 saturated heterocycles. The van der Waals surface area contributed by atoms with Crippen molar-refractivity contribution in [3.05, 3.63) is 35.4 Å². The lowest BCUT2D eigenvalue weighted by Gasteiger charge is -2.33. The van der Waals surface area contributed by atoms with Crippen LogP contribution in [0.4, 0.5) is 0 Å². The average molecular weight is 324 g/mol. The van der Waals surface area contributed by atoms with E-state index in [-0.39, 0.29) is 18.1 Å². The average Bonchev–Trinajstić information content (AvgIpc) is 2.46. The summed E-state index contributed by atoms with van der Waals surface area (Å²) in [7, 11) is -3.48. The van der Waals surface area contributed by atoms with Crippen molar-refractivity contribution in [1.29, 1.82) is 0 Å². The molecule has 1 fully saturated rings. The Balaban J connectivity index is 1.91. The fourth-order valence-corrected chi connectivity index (χ4v) is 3.53. The fourth-order valence-electron chi connectivity index (χ4n) is 2.98. The highest BCUT2D eigenvalue weighted by atomic mass is 32.2. The van der Waals surface area contributed by atoms with Gasteiger partial charge < -0.3 is 4.90 Å². The third kappa shape index (κ3) is 5.10. The molecule has 0 unspecified atom stereocenters. The predicted molar refractivity (Wildman–Crippen MR) is 86.9 cm³/mol. The van der Waals surface area contributed by atoms with Crippen LogP contribution in [-0.2, 0) is 14.8 Å². The molecule has 0 radical (unpaired) electrons. The Labute approximate surface area is 132 Å². The third-order valence-electron chi connectivity index (χ3n) is 4.11. The SMILES string of the molecule is Cc1cccc([C@H]2CCCN(C(=O)CCCS(N)(=O)=O)C2)c1. The second-order valence-corrected chi connectivity index (χ2v) is 7.80. The summed E-state index contributed by atoms with van der Waals surface area (Å²) in [6.07, 6.45) is 2.62. The van der Waals surface area contributed by atoms with E-state index in [4.69, 9.17) is 5.14 Å². The van der Waals surface area contributed by atoms with E-state index in [1.165, 1.54) is 11.1 Å². The molecule has 1 heterocycles. The van der Waals surface area contributed by atoms with Crippen molar-refractivity contribution in [3.8, 4) is 0 Å². The molecule has 2 rings (SSSR count). The van der Waals surface area contributed by atoms with Crippen LogP contribution in [0.5, 0.6) is 0 Å². The molecule has 5 nitrogen and oxygen atoms in total. The standard InChI is InChI=1S/C16H24N2O3S/c1-13-5-2-6-14(11-13)15-7-3-9-18(12-15)16(19)8-4-10-22(17,20)21/h2,5-6,11,15H,3-4,7-10,12H2,1H3,(H2,17,20,21)/t15-/m0/s1. The van der Waals surface area contributed by atoms with Crippen LogP contribution in [0.3, 0.4) is 0 Å². The van der Waals surface area contributed by atoms with Crippen LogP contribution in [0.25, 0.3) is 0 Å². The summed E-state index contributed by atoms with van der Waals surface area (Å²) in [4.78, 5) is 14.1. The first-order valence-corrected chi connectivity index (χ1v) is 9.41. The monoisotopic (exact) mass is 324 g/mol. The number of nitrogens with zero attached hydrogens (tertiary/aromatic N) is 1. The van der Waals surface area contributed by atoms with Gasteiger partial charge in [0.1, 0.15) is 0 Å². The lowest BCUT2D eigenvalue weighted by Crippen LogP contribution is -2.39. The van der Waals surface area contributed by atoms with E-state index < -0.39 is 10.0 Å². The third-order valence-corrected chi connectivity index (χ3v) is 4.96. The van der Waals surface area contributed by atoms with Gasteiger partial charge in [-0.3, -0.25) is 4.79 Å². The van der Waals surface area contributed by atoms with Gasteiger partial charge in [0.25, 0.3) is 0 Å². The Kier molecular flexibility index (Phi) is 5.58. The van der Waals surface area contributed by atoms with Crippen molar-refractivity contribution >= 4 is 15.9 Å². The molecule has 0 bridgehead atoms. The van der Waals surface area contributed by atoms with Gasteiger partial charge in [0.15, 0.2) is 0 Å². The van der Waals surface area contributed by atoms with E-state index in [1.807, 2.05) is 4.90 Å². The van der Waals surface area contributed by atoms with Crippen LogP contribution >= 0.6 is 0 Å². The second-order valence-electron chi connectivity index (χ2n) is 6.06. The van der Waals surface area contributed by atoms with Gasteiger partial charge in [0, 0.05) is 25.4 Å². The molecule has 2 N–H and O–H groups in total. The summed E-state index contributed by atoms with van der Waals surface area (Å²) >= 11 is 0. The molecule has 1 aliphatic heterocycles. The van der Waals surface area contributed by atoms with Crippen LogP contribution in [0.2, 0.25) is 0 Å². The zero-order valence-electron chi connectivity index (χ0n) is 13.0. The Hall–Kier alpha value is -1.40. The highest BCUT2D eigenvalue weighted by Crippen LogP contribution is 2.27. The number of carbonyl (C=O) groups excluding carboxylic acids is 1. The summed E-state index contributed by atoms with van der Waals surface area (Å²) < 4.78 is 21.8. The topological polar surface area (TPSA) is 80.5 Å².